The monoisotopic (exact) mass is 320 g/mol. The summed E-state index contributed by atoms with van der Waals surface area (Å²) in [5, 5.41) is 5.02. The van der Waals surface area contributed by atoms with Crippen molar-refractivity contribution < 1.29 is 9.53 Å². The van der Waals surface area contributed by atoms with E-state index in [-0.39, 0.29) is 11.9 Å². The summed E-state index contributed by atoms with van der Waals surface area (Å²) in [6, 6.07) is 3.89. The number of carbonyl (C=O) groups is 1. The van der Waals surface area contributed by atoms with E-state index in [0.717, 1.165) is 15.6 Å². The van der Waals surface area contributed by atoms with Gasteiger partial charge in [-0.3, -0.25) is 4.79 Å². The fourth-order valence-corrected chi connectivity index (χ4v) is 3.56. The molecule has 0 unspecified atom stereocenters. The first kappa shape index (κ1) is 14.4. The molecule has 3 heterocycles. The number of aromatic nitrogens is 1. The summed E-state index contributed by atoms with van der Waals surface area (Å²) in [6.07, 6.45) is 3.51. The average Bonchev–Trinajstić information content (AvgIpc) is 3.16. The third kappa shape index (κ3) is 3.40. The molecule has 0 radical (unpaired) electrons. The molecule has 0 saturated carbocycles. The van der Waals surface area contributed by atoms with Gasteiger partial charge in [0.1, 0.15) is 0 Å². The summed E-state index contributed by atoms with van der Waals surface area (Å²) < 4.78 is 5.53. The lowest BCUT2D eigenvalue weighted by Crippen LogP contribution is -2.42. The molecule has 1 aliphatic heterocycles. The summed E-state index contributed by atoms with van der Waals surface area (Å²) in [4.78, 5) is 19.9. The van der Waals surface area contributed by atoms with Crippen LogP contribution in [0.5, 0.6) is 0 Å². The molecule has 0 aliphatic carbocycles. The van der Waals surface area contributed by atoms with Crippen molar-refractivity contribution in [3.05, 3.63) is 44.5 Å². The number of amides is 1. The van der Waals surface area contributed by atoms with E-state index in [1.807, 2.05) is 40.8 Å². The van der Waals surface area contributed by atoms with Crippen LogP contribution in [0, 0.1) is 6.92 Å². The van der Waals surface area contributed by atoms with E-state index >= 15 is 0 Å². The van der Waals surface area contributed by atoms with Crippen molar-refractivity contribution in [2.75, 3.05) is 19.8 Å². The quantitative estimate of drug-likeness (QED) is 0.816. The summed E-state index contributed by atoms with van der Waals surface area (Å²) in [6.45, 7) is 3.68. The van der Waals surface area contributed by atoms with Crippen molar-refractivity contribution in [2.45, 2.75) is 13.0 Å². The molecule has 0 aromatic carbocycles. The largest absolute Gasteiger partial charge is 0.377 e. The molecule has 2 aromatic heterocycles. The summed E-state index contributed by atoms with van der Waals surface area (Å²) >= 11 is 3.22. The Hall–Kier alpha value is -1.50. The fourth-order valence-electron chi connectivity index (χ4n) is 2.28. The molecular formula is C15H16N2O2S2. The van der Waals surface area contributed by atoms with Crippen molar-refractivity contribution in [1.82, 2.24) is 9.88 Å². The Labute approximate surface area is 131 Å². The summed E-state index contributed by atoms with van der Waals surface area (Å²) in [5.74, 6) is 0.0161. The van der Waals surface area contributed by atoms with E-state index in [2.05, 4.69) is 4.98 Å². The van der Waals surface area contributed by atoms with Gasteiger partial charge in [-0.1, -0.05) is 6.07 Å². The van der Waals surface area contributed by atoms with E-state index in [1.54, 1.807) is 28.7 Å². The minimum atomic E-state index is -0.0795. The van der Waals surface area contributed by atoms with Gasteiger partial charge in [-0.2, -0.15) is 0 Å². The van der Waals surface area contributed by atoms with Gasteiger partial charge in [0, 0.05) is 22.9 Å². The highest BCUT2D eigenvalue weighted by Crippen LogP contribution is 2.26. The molecule has 0 spiro atoms. The number of morpholine rings is 1. The van der Waals surface area contributed by atoms with Crippen LogP contribution in [-0.4, -0.2) is 35.5 Å². The van der Waals surface area contributed by atoms with Crippen LogP contribution < -0.4 is 0 Å². The molecule has 21 heavy (non-hydrogen) atoms. The highest BCUT2D eigenvalue weighted by atomic mass is 32.1. The fraction of sp³-hybridized carbons (Fsp3) is 0.333. The number of hydrogen-bond acceptors (Lipinski definition) is 5. The van der Waals surface area contributed by atoms with Gasteiger partial charge in [-0.15, -0.1) is 22.7 Å². The molecular weight excluding hydrogens is 304 g/mol. The number of aryl methyl sites for hydroxylation is 1. The van der Waals surface area contributed by atoms with E-state index in [1.165, 1.54) is 0 Å². The van der Waals surface area contributed by atoms with Gasteiger partial charge in [-0.05, 0) is 24.4 Å². The van der Waals surface area contributed by atoms with Gasteiger partial charge < -0.3 is 9.64 Å². The minimum Gasteiger partial charge on any atom is -0.377 e. The van der Waals surface area contributed by atoms with E-state index in [9.17, 15) is 4.79 Å². The van der Waals surface area contributed by atoms with E-state index in [4.69, 9.17) is 4.74 Å². The van der Waals surface area contributed by atoms with Gasteiger partial charge in [0.25, 0.3) is 0 Å². The van der Waals surface area contributed by atoms with Crippen LogP contribution in [0.2, 0.25) is 0 Å². The Morgan fingerprint density at radius 2 is 2.43 bits per heavy atom. The first-order valence-corrected chi connectivity index (χ1v) is 8.52. The van der Waals surface area contributed by atoms with Gasteiger partial charge in [0.15, 0.2) is 0 Å². The second-order valence-electron chi connectivity index (χ2n) is 4.76. The lowest BCUT2D eigenvalue weighted by Gasteiger charge is -2.34. The van der Waals surface area contributed by atoms with Crippen molar-refractivity contribution in [3.8, 4) is 0 Å². The Kier molecular flexibility index (Phi) is 4.48. The number of thiazole rings is 1. The molecule has 0 N–H and O–H groups in total. The maximum absolute atomic E-state index is 12.4. The smallest absolute Gasteiger partial charge is 0.247 e. The summed E-state index contributed by atoms with van der Waals surface area (Å²) in [7, 11) is 0. The van der Waals surface area contributed by atoms with Crippen LogP contribution in [0.4, 0.5) is 0 Å². The van der Waals surface area contributed by atoms with E-state index < -0.39 is 0 Å². The van der Waals surface area contributed by atoms with Crippen molar-refractivity contribution >= 4 is 34.7 Å². The Morgan fingerprint density at radius 1 is 1.52 bits per heavy atom. The standard InChI is InChI=1S/C15H16N2O2S2/c1-11-16-13(10-21-11)14-9-19-7-6-17(14)15(18)5-4-12-3-2-8-20-12/h2-5,8,10,14H,6-7,9H2,1H3/b5-4+/t14-/m1/s1. The molecule has 3 rings (SSSR count). The highest BCUT2D eigenvalue weighted by molar-refractivity contribution is 7.10. The topological polar surface area (TPSA) is 42.4 Å². The molecule has 1 saturated heterocycles. The Bertz CT molecular complexity index is 634. The van der Waals surface area contributed by atoms with Crippen LogP contribution in [0.15, 0.2) is 29.0 Å². The zero-order chi connectivity index (χ0) is 14.7. The van der Waals surface area contributed by atoms with Crippen molar-refractivity contribution in [2.24, 2.45) is 0 Å². The zero-order valence-corrected chi connectivity index (χ0v) is 13.3. The summed E-state index contributed by atoms with van der Waals surface area (Å²) in [5.41, 5.74) is 0.926. The van der Waals surface area contributed by atoms with Crippen molar-refractivity contribution in [3.63, 3.8) is 0 Å². The SMILES string of the molecule is Cc1nc([C@H]2COCCN2C(=O)/C=C/c2cccs2)cs1. The minimum absolute atomic E-state index is 0.0161. The predicted octanol–water partition coefficient (Wildman–Crippen LogP) is 3.13. The number of rotatable bonds is 3. The Balaban J connectivity index is 1.76. The zero-order valence-electron chi connectivity index (χ0n) is 11.7. The normalized spacial score (nSPS) is 19.3. The van der Waals surface area contributed by atoms with Crippen LogP contribution in [0.1, 0.15) is 21.6 Å². The molecule has 110 valence electrons. The number of thiophene rings is 1. The Morgan fingerprint density at radius 3 is 3.14 bits per heavy atom. The maximum Gasteiger partial charge on any atom is 0.247 e. The van der Waals surface area contributed by atoms with Gasteiger partial charge in [0.2, 0.25) is 5.91 Å². The lowest BCUT2D eigenvalue weighted by molar-refractivity contribution is -0.134. The third-order valence-electron chi connectivity index (χ3n) is 3.32. The number of carbonyl (C=O) groups excluding carboxylic acids is 1. The lowest BCUT2D eigenvalue weighted by atomic mass is 10.1. The second-order valence-corrected chi connectivity index (χ2v) is 6.80. The number of hydrogen-bond donors (Lipinski definition) is 0. The molecule has 1 amide bonds. The average molecular weight is 320 g/mol. The highest BCUT2D eigenvalue weighted by Gasteiger charge is 2.29. The van der Waals surface area contributed by atoms with Crippen LogP contribution in [-0.2, 0) is 9.53 Å². The molecule has 4 nitrogen and oxygen atoms in total. The number of ether oxygens (including phenoxy) is 1. The maximum atomic E-state index is 12.4. The molecule has 0 bridgehead atoms. The van der Waals surface area contributed by atoms with Gasteiger partial charge in [-0.25, -0.2) is 4.98 Å². The number of nitrogens with zero attached hydrogens (tertiary/aromatic N) is 2. The van der Waals surface area contributed by atoms with Gasteiger partial charge >= 0.3 is 0 Å². The molecule has 6 heteroatoms. The first-order chi connectivity index (χ1) is 10.2. The van der Waals surface area contributed by atoms with Crippen LogP contribution in [0.3, 0.4) is 0 Å². The van der Waals surface area contributed by atoms with Crippen molar-refractivity contribution in [1.29, 1.82) is 0 Å². The molecule has 1 fully saturated rings. The second kappa shape index (κ2) is 6.51. The van der Waals surface area contributed by atoms with Gasteiger partial charge in [0.05, 0.1) is 30.0 Å². The molecule has 1 atom stereocenters. The molecule has 1 aliphatic rings. The first-order valence-electron chi connectivity index (χ1n) is 6.76. The molecule has 2 aromatic rings. The van der Waals surface area contributed by atoms with Crippen LogP contribution >= 0.6 is 22.7 Å². The predicted molar refractivity (Wildman–Crippen MR) is 85.5 cm³/mol. The third-order valence-corrected chi connectivity index (χ3v) is 4.95. The van der Waals surface area contributed by atoms with E-state index in [0.29, 0.717) is 19.8 Å². The van der Waals surface area contributed by atoms with Crippen LogP contribution in [0.25, 0.3) is 6.08 Å².